The molecule has 96 valence electrons. The van der Waals surface area contributed by atoms with Gasteiger partial charge in [0.1, 0.15) is 0 Å². The van der Waals surface area contributed by atoms with Gasteiger partial charge in [0.2, 0.25) is 0 Å². The number of thioether (sulfide) groups is 1. The smallest absolute Gasteiger partial charge is 0.0955 e. The highest BCUT2D eigenvalue weighted by molar-refractivity contribution is 8.03. The van der Waals surface area contributed by atoms with E-state index in [1.165, 1.54) is 4.91 Å². The zero-order chi connectivity index (χ0) is 13.4. The van der Waals surface area contributed by atoms with Crippen LogP contribution in [0, 0.1) is 11.3 Å². The highest BCUT2D eigenvalue weighted by Gasteiger charge is 2.07. The van der Waals surface area contributed by atoms with Gasteiger partial charge in [0.05, 0.1) is 6.07 Å². The van der Waals surface area contributed by atoms with Crippen molar-refractivity contribution in [2.24, 2.45) is 0 Å². The molecule has 0 spiro atoms. The van der Waals surface area contributed by atoms with E-state index in [0.29, 0.717) is 0 Å². The number of nitrogens with zero attached hydrogens (tertiary/aromatic N) is 1. The zero-order valence-corrected chi connectivity index (χ0v) is 12.4. The standard InChI is InChI=1S/C15H18ClNS/c1-3-5-12(11-17)15(6-4-2)18-14-9-7-13(16)8-10-14/h7-10H,3-6H2,1-2H3/b15-12+. The third kappa shape index (κ3) is 4.76. The van der Waals surface area contributed by atoms with Gasteiger partial charge in [-0.25, -0.2) is 0 Å². The van der Waals surface area contributed by atoms with Gasteiger partial charge in [0.25, 0.3) is 0 Å². The predicted molar refractivity (Wildman–Crippen MR) is 79.8 cm³/mol. The number of hydrogen-bond acceptors (Lipinski definition) is 2. The fourth-order valence-corrected chi connectivity index (χ4v) is 2.90. The Morgan fingerprint density at radius 2 is 1.78 bits per heavy atom. The molecule has 0 bridgehead atoms. The summed E-state index contributed by atoms with van der Waals surface area (Å²) >= 11 is 7.57. The van der Waals surface area contributed by atoms with E-state index in [9.17, 15) is 5.26 Å². The van der Waals surface area contributed by atoms with Gasteiger partial charge in [-0.1, -0.05) is 50.1 Å². The summed E-state index contributed by atoms with van der Waals surface area (Å²) in [5.41, 5.74) is 0.930. The van der Waals surface area contributed by atoms with E-state index in [0.717, 1.165) is 41.2 Å². The molecule has 0 saturated carbocycles. The van der Waals surface area contributed by atoms with Gasteiger partial charge in [-0.05, 0) is 37.1 Å². The van der Waals surface area contributed by atoms with E-state index in [1.807, 2.05) is 24.3 Å². The van der Waals surface area contributed by atoms with Crippen molar-refractivity contribution in [3.63, 3.8) is 0 Å². The fraction of sp³-hybridized carbons (Fsp3) is 0.400. The Balaban J connectivity index is 2.92. The molecule has 0 aliphatic heterocycles. The largest absolute Gasteiger partial charge is 0.193 e. The van der Waals surface area contributed by atoms with E-state index < -0.39 is 0 Å². The summed E-state index contributed by atoms with van der Waals surface area (Å²) in [7, 11) is 0. The maximum absolute atomic E-state index is 9.23. The molecule has 3 heteroatoms. The van der Waals surface area contributed by atoms with Crippen molar-refractivity contribution in [1.29, 1.82) is 5.26 Å². The average molecular weight is 280 g/mol. The lowest BCUT2D eigenvalue weighted by Gasteiger charge is -2.09. The summed E-state index contributed by atoms with van der Waals surface area (Å²) in [6.07, 6.45) is 3.91. The summed E-state index contributed by atoms with van der Waals surface area (Å²) in [4.78, 5) is 2.34. The Bertz CT molecular complexity index is 443. The molecule has 0 unspecified atom stereocenters. The molecule has 0 atom stereocenters. The molecular formula is C15H18ClNS. The third-order valence-electron chi connectivity index (χ3n) is 2.50. The first-order valence-corrected chi connectivity index (χ1v) is 7.46. The highest BCUT2D eigenvalue weighted by atomic mass is 35.5. The van der Waals surface area contributed by atoms with E-state index in [-0.39, 0.29) is 0 Å². The van der Waals surface area contributed by atoms with Gasteiger partial charge < -0.3 is 0 Å². The van der Waals surface area contributed by atoms with Crippen molar-refractivity contribution in [1.82, 2.24) is 0 Å². The van der Waals surface area contributed by atoms with Crippen molar-refractivity contribution >= 4 is 23.4 Å². The van der Waals surface area contributed by atoms with Crippen LogP contribution in [0.25, 0.3) is 0 Å². The Labute approximate surface area is 119 Å². The predicted octanol–water partition coefficient (Wildman–Crippen LogP) is 5.81. The minimum Gasteiger partial charge on any atom is -0.193 e. The molecule has 0 aliphatic carbocycles. The monoisotopic (exact) mass is 279 g/mol. The van der Waals surface area contributed by atoms with Gasteiger partial charge in [0, 0.05) is 20.4 Å². The van der Waals surface area contributed by atoms with E-state index >= 15 is 0 Å². The second kappa shape index (κ2) is 8.24. The number of rotatable bonds is 6. The van der Waals surface area contributed by atoms with Gasteiger partial charge in [-0.15, -0.1) is 0 Å². The van der Waals surface area contributed by atoms with E-state index in [2.05, 4.69) is 19.9 Å². The topological polar surface area (TPSA) is 23.8 Å². The van der Waals surface area contributed by atoms with Gasteiger partial charge in [0.15, 0.2) is 0 Å². The molecule has 18 heavy (non-hydrogen) atoms. The van der Waals surface area contributed by atoms with Crippen LogP contribution in [0.2, 0.25) is 5.02 Å². The quantitative estimate of drug-likeness (QED) is 0.485. The Hall–Kier alpha value is -0.910. The molecule has 0 amide bonds. The minimum absolute atomic E-state index is 0.745. The SMILES string of the molecule is CCC/C(C#N)=C(/CCC)Sc1ccc(Cl)cc1. The van der Waals surface area contributed by atoms with Crippen LogP contribution in [0.3, 0.4) is 0 Å². The van der Waals surface area contributed by atoms with E-state index in [1.54, 1.807) is 11.8 Å². The molecule has 1 rings (SSSR count). The van der Waals surface area contributed by atoms with Crippen molar-refractivity contribution in [3.05, 3.63) is 39.8 Å². The van der Waals surface area contributed by atoms with Crippen molar-refractivity contribution in [2.75, 3.05) is 0 Å². The Morgan fingerprint density at radius 3 is 2.28 bits per heavy atom. The van der Waals surface area contributed by atoms with Gasteiger partial charge in [-0.3, -0.25) is 0 Å². The first kappa shape index (κ1) is 15.1. The number of benzene rings is 1. The molecule has 0 N–H and O–H groups in total. The molecule has 0 saturated heterocycles. The first-order valence-electron chi connectivity index (χ1n) is 6.26. The van der Waals surface area contributed by atoms with Crippen LogP contribution in [-0.4, -0.2) is 0 Å². The van der Waals surface area contributed by atoms with Crippen LogP contribution in [0.5, 0.6) is 0 Å². The molecule has 0 fully saturated rings. The van der Waals surface area contributed by atoms with Crippen LogP contribution >= 0.6 is 23.4 Å². The maximum Gasteiger partial charge on any atom is 0.0955 e. The van der Waals surface area contributed by atoms with Crippen molar-refractivity contribution in [3.8, 4) is 6.07 Å². The van der Waals surface area contributed by atoms with Crippen LogP contribution in [-0.2, 0) is 0 Å². The lowest BCUT2D eigenvalue weighted by molar-refractivity contribution is 0.888. The molecule has 1 aromatic rings. The number of hydrogen-bond donors (Lipinski definition) is 0. The van der Waals surface area contributed by atoms with E-state index in [4.69, 9.17) is 11.6 Å². The third-order valence-corrected chi connectivity index (χ3v) is 3.96. The molecule has 1 aromatic carbocycles. The highest BCUT2D eigenvalue weighted by Crippen LogP contribution is 2.33. The zero-order valence-electron chi connectivity index (χ0n) is 10.9. The normalized spacial score (nSPS) is 11.9. The second-order valence-corrected chi connectivity index (χ2v) is 5.67. The van der Waals surface area contributed by atoms with Crippen LogP contribution in [0.15, 0.2) is 39.6 Å². The number of allylic oxidation sites excluding steroid dienone is 2. The number of halogens is 1. The summed E-state index contributed by atoms with van der Waals surface area (Å²) in [6, 6.07) is 10.1. The maximum atomic E-state index is 9.23. The molecule has 0 heterocycles. The summed E-state index contributed by atoms with van der Waals surface area (Å²) < 4.78 is 0. The van der Waals surface area contributed by atoms with Gasteiger partial charge in [-0.2, -0.15) is 5.26 Å². The van der Waals surface area contributed by atoms with Crippen LogP contribution in [0.1, 0.15) is 39.5 Å². The fourth-order valence-electron chi connectivity index (χ4n) is 1.64. The summed E-state index contributed by atoms with van der Waals surface area (Å²) in [6.45, 7) is 4.25. The minimum atomic E-state index is 0.745. The Morgan fingerprint density at radius 1 is 1.17 bits per heavy atom. The van der Waals surface area contributed by atoms with Crippen molar-refractivity contribution < 1.29 is 0 Å². The molecule has 0 aromatic heterocycles. The van der Waals surface area contributed by atoms with Crippen LogP contribution in [0.4, 0.5) is 0 Å². The summed E-state index contributed by atoms with van der Waals surface area (Å²) in [5, 5.41) is 9.98. The molecule has 0 aliphatic rings. The Kier molecular flexibility index (Phi) is 6.93. The van der Waals surface area contributed by atoms with Crippen molar-refractivity contribution in [2.45, 2.75) is 44.4 Å². The molecule has 1 nitrogen and oxygen atoms in total. The van der Waals surface area contributed by atoms with Gasteiger partial charge >= 0.3 is 0 Å². The second-order valence-electron chi connectivity index (χ2n) is 4.07. The van der Waals surface area contributed by atoms with Crippen LogP contribution < -0.4 is 0 Å². The molecule has 0 radical (unpaired) electrons. The lowest BCUT2D eigenvalue weighted by Crippen LogP contribution is -1.88. The molecular weight excluding hydrogens is 262 g/mol. The first-order chi connectivity index (χ1) is 8.71. The summed E-state index contributed by atoms with van der Waals surface area (Å²) in [5.74, 6) is 0. The lowest BCUT2D eigenvalue weighted by atomic mass is 10.1. The average Bonchev–Trinajstić information content (AvgIpc) is 2.38. The number of nitriles is 1.